The van der Waals surface area contributed by atoms with E-state index in [1.54, 1.807) is 0 Å². The van der Waals surface area contributed by atoms with Crippen molar-refractivity contribution in [1.29, 1.82) is 0 Å². The van der Waals surface area contributed by atoms with Crippen LogP contribution in [0.3, 0.4) is 0 Å². The number of nitrogens with zero attached hydrogens (tertiary/aromatic N) is 1. The standard InChI is InChI=1S/C13H26N2/c1-3-15(4-2)13-9-10-14-12-8-6-5-7-11(12)13/h11-14H,3-10H2,1-2H3. The first-order valence-electron chi connectivity index (χ1n) is 6.84. The zero-order valence-corrected chi connectivity index (χ0v) is 10.3. The second-order valence-corrected chi connectivity index (χ2v) is 5.09. The maximum Gasteiger partial charge on any atom is 0.0150 e. The third kappa shape index (κ3) is 2.36. The van der Waals surface area contributed by atoms with Crippen molar-refractivity contribution in [3.63, 3.8) is 0 Å². The summed E-state index contributed by atoms with van der Waals surface area (Å²) in [6, 6.07) is 1.70. The highest BCUT2D eigenvalue weighted by Crippen LogP contribution is 2.33. The van der Waals surface area contributed by atoms with Gasteiger partial charge < -0.3 is 10.2 Å². The minimum Gasteiger partial charge on any atom is -0.314 e. The van der Waals surface area contributed by atoms with Crippen LogP contribution in [0.15, 0.2) is 0 Å². The molecule has 2 fully saturated rings. The van der Waals surface area contributed by atoms with Crippen LogP contribution in [0.5, 0.6) is 0 Å². The number of piperidine rings is 1. The molecule has 2 aliphatic rings. The second kappa shape index (κ2) is 5.31. The van der Waals surface area contributed by atoms with Crippen LogP contribution in [0.25, 0.3) is 0 Å². The van der Waals surface area contributed by atoms with E-state index in [-0.39, 0.29) is 0 Å². The average molecular weight is 210 g/mol. The summed E-state index contributed by atoms with van der Waals surface area (Å²) in [4.78, 5) is 2.68. The van der Waals surface area contributed by atoms with E-state index in [9.17, 15) is 0 Å². The van der Waals surface area contributed by atoms with Crippen LogP contribution in [0.1, 0.15) is 46.0 Å². The second-order valence-electron chi connectivity index (χ2n) is 5.09. The smallest absolute Gasteiger partial charge is 0.0150 e. The summed E-state index contributed by atoms with van der Waals surface area (Å²) >= 11 is 0. The highest BCUT2D eigenvalue weighted by atomic mass is 15.2. The van der Waals surface area contributed by atoms with Crippen molar-refractivity contribution >= 4 is 0 Å². The van der Waals surface area contributed by atoms with Gasteiger partial charge in [-0.05, 0) is 44.8 Å². The Bertz CT molecular complexity index is 187. The van der Waals surface area contributed by atoms with E-state index < -0.39 is 0 Å². The van der Waals surface area contributed by atoms with E-state index in [1.165, 1.54) is 51.7 Å². The summed E-state index contributed by atoms with van der Waals surface area (Å²) < 4.78 is 0. The molecule has 0 aromatic heterocycles. The van der Waals surface area contributed by atoms with E-state index in [1.807, 2.05) is 0 Å². The molecule has 15 heavy (non-hydrogen) atoms. The Hall–Kier alpha value is -0.0800. The molecule has 1 heterocycles. The van der Waals surface area contributed by atoms with Crippen LogP contribution in [-0.2, 0) is 0 Å². The lowest BCUT2D eigenvalue weighted by molar-refractivity contribution is 0.0697. The van der Waals surface area contributed by atoms with Gasteiger partial charge in [-0.25, -0.2) is 0 Å². The molecule has 0 aromatic rings. The molecule has 2 heteroatoms. The van der Waals surface area contributed by atoms with Gasteiger partial charge in [0.05, 0.1) is 0 Å². The van der Waals surface area contributed by atoms with E-state index >= 15 is 0 Å². The van der Waals surface area contributed by atoms with Gasteiger partial charge in [0.25, 0.3) is 0 Å². The fourth-order valence-electron chi connectivity index (χ4n) is 3.65. The number of nitrogens with one attached hydrogen (secondary N) is 1. The van der Waals surface area contributed by atoms with Crippen molar-refractivity contribution in [1.82, 2.24) is 10.2 Å². The first-order chi connectivity index (χ1) is 7.36. The Morgan fingerprint density at radius 2 is 1.80 bits per heavy atom. The lowest BCUT2D eigenvalue weighted by Gasteiger charge is -2.46. The molecule has 1 N–H and O–H groups in total. The van der Waals surface area contributed by atoms with Crippen molar-refractivity contribution < 1.29 is 0 Å². The van der Waals surface area contributed by atoms with E-state index in [0.717, 1.165) is 18.0 Å². The summed E-state index contributed by atoms with van der Waals surface area (Å²) in [5.41, 5.74) is 0. The number of fused-ring (bicyclic) bond motifs is 1. The summed E-state index contributed by atoms with van der Waals surface area (Å²) in [7, 11) is 0. The number of hydrogen-bond acceptors (Lipinski definition) is 2. The maximum atomic E-state index is 3.73. The molecule has 1 aliphatic carbocycles. The average Bonchev–Trinajstić information content (AvgIpc) is 2.31. The zero-order valence-electron chi connectivity index (χ0n) is 10.3. The summed E-state index contributed by atoms with van der Waals surface area (Å²) in [5, 5.41) is 3.73. The Labute approximate surface area is 94.4 Å². The van der Waals surface area contributed by atoms with Crippen molar-refractivity contribution in [3.05, 3.63) is 0 Å². The molecule has 88 valence electrons. The Morgan fingerprint density at radius 1 is 1.07 bits per heavy atom. The SMILES string of the molecule is CCN(CC)C1CCNC2CCCCC21. The van der Waals surface area contributed by atoms with E-state index in [4.69, 9.17) is 0 Å². The molecule has 1 saturated heterocycles. The van der Waals surface area contributed by atoms with E-state index in [2.05, 4.69) is 24.1 Å². The van der Waals surface area contributed by atoms with Crippen LogP contribution < -0.4 is 5.32 Å². The largest absolute Gasteiger partial charge is 0.314 e. The number of hydrogen-bond donors (Lipinski definition) is 1. The number of rotatable bonds is 3. The van der Waals surface area contributed by atoms with Gasteiger partial charge in [0.15, 0.2) is 0 Å². The first-order valence-corrected chi connectivity index (χ1v) is 6.84. The molecule has 0 bridgehead atoms. The maximum absolute atomic E-state index is 3.73. The lowest BCUT2D eigenvalue weighted by atomic mass is 9.76. The van der Waals surface area contributed by atoms with Crippen molar-refractivity contribution in [3.8, 4) is 0 Å². The van der Waals surface area contributed by atoms with Crippen molar-refractivity contribution in [2.24, 2.45) is 5.92 Å². The zero-order chi connectivity index (χ0) is 10.7. The molecular weight excluding hydrogens is 184 g/mol. The molecule has 0 radical (unpaired) electrons. The molecule has 2 rings (SSSR count). The molecule has 1 aliphatic heterocycles. The van der Waals surface area contributed by atoms with E-state index in [0.29, 0.717) is 0 Å². The van der Waals surface area contributed by atoms with Crippen molar-refractivity contribution in [2.45, 2.75) is 58.0 Å². The fourth-order valence-corrected chi connectivity index (χ4v) is 3.65. The molecule has 0 aromatic carbocycles. The quantitative estimate of drug-likeness (QED) is 0.768. The highest BCUT2D eigenvalue weighted by Gasteiger charge is 2.36. The minimum atomic E-state index is 0.832. The molecule has 3 unspecified atom stereocenters. The minimum absolute atomic E-state index is 0.832. The van der Waals surface area contributed by atoms with Gasteiger partial charge in [-0.15, -0.1) is 0 Å². The predicted octanol–water partition coefficient (Wildman–Crippen LogP) is 2.25. The molecular formula is C13H26N2. The van der Waals surface area contributed by atoms with Crippen LogP contribution in [-0.4, -0.2) is 36.6 Å². The summed E-state index contributed by atoms with van der Waals surface area (Å²) in [6.07, 6.45) is 7.14. The normalized spacial score (nSPS) is 36.6. The Balaban J connectivity index is 2.02. The third-order valence-corrected chi connectivity index (χ3v) is 4.44. The predicted molar refractivity (Wildman–Crippen MR) is 65.1 cm³/mol. The monoisotopic (exact) mass is 210 g/mol. The third-order valence-electron chi connectivity index (χ3n) is 4.44. The summed E-state index contributed by atoms with van der Waals surface area (Å²) in [6.45, 7) is 8.31. The first kappa shape index (κ1) is 11.4. The van der Waals surface area contributed by atoms with Crippen LogP contribution in [0.4, 0.5) is 0 Å². The lowest BCUT2D eigenvalue weighted by Crippen LogP contribution is -2.55. The van der Waals surface area contributed by atoms with Crippen molar-refractivity contribution in [2.75, 3.05) is 19.6 Å². The highest BCUT2D eigenvalue weighted by molar-refractivity contribution is 4.94. The van der Waals surface area contributed by atoms with Gasteiger partial charge in [-0.2, -0.15) is 0 Å². The Kier molecular flexibility index (Phi) is 4.04. The molecule has 0 spiro atoms. The fraction of sp³-hybridized carbons (Fsp3) is 1.00. The van der Waals surface area contributed by atoms with Crippen LogP contribution in [0, 0.1) is 5.92 Å². The van der Waals surface area contributed by atoms with Gasteiger partial charge >= 0.3 is 0 Å². The van der Waals surface area contributed by atoms with Gasteiger partial charge in [0, 0.05) is 12.1 Å². The topological polar surface area (TPSA) is 15.3 Å². The molecule has 2 nitrogen and oxygen atoms in total. The van der Waals surface area contributed by atoms with Crippen LogP contribution >= 0.6 is 0 Å². The molecule has 3 atom stereocenters. The van der Waals surface area contributed by atoms with Gasteiger partial charge in [0.1, 0.15) is 0 Å². The summed E-state index contributed by atoms with van der Waals surface area (Å²) in [5.74, 6) is 0.937. The molecule has 1 saturated carbocycles. The molecule has 0 amide bonds. The van der Waals surface area contributed by atoms with Gasteiger partial charge in [-0.3, -0.25) is 0 Å². The van der Waals surface area contributed by atoms with Gasteiger partial charge in [-0.1, -0.05) is 26.7 Å². The van der Waals surface area contributed by atoms with Gasteiger partial charge in [0.2, 0.25) is 0 Å². The van der Waals surface area contributed by atoms with Crippen LogP contribution in [0.2, 0.25) is 0 Å². The Morgan fingerprint density at radius 3 is 2.53 bits per heavy atom.